The third-order valence-corrected chi connectivity index (χ3v) is 3.95. The number of ether oxygens (including phenoxy) is 1. The summed E-state index contributed by atoms with van der Waals surface area (Å²) in [7, 11) is 0. The van der Waals surface area contributed by atoms with Crippen LogP contribution in [0.25, 0.3) is 0 Å². The first kappa shape index (κ1) is 14.1. The molecule has 2 unspecified atom stereocenters. The second-order valence-electron chi connectivity index (χ2n) is 5.66. The summed E-state index contributed by atoms with van der Waals surface area (Å²) in [6, 6.07) is -0.290. The van der Waals surface area contributed by atoms with Crippen LogP contribution in [0.4, 0.5) is 4.79 Å². The Morgan fingerprint density at radius 3 is 2.68 bits per heavy atom. The van der Waals surface area contributed by atoms with Crippen molar-refractivity contribution in [2.45, 2.75) is 45.2 Å². The van der Waals surface area contributed by atoms with E-state index in [-0.39, 0.29) is 19.2 Å². The van der Waals surface area contributed by atoms with Gasteiger partial charge in [0.05, 0.1) is 19.3 Å². The third kappa shape index (κ3) is 2.83. The van der Waals surface area contributed by atoms with E-state index in [0.717, 1.165) is 19.3 Å². The summed E-state index contributed by atoms with van der Waals surface area (Å²) in [5.41, 5.74) is -1.03. The SMILES string of the molecule is CCCN(C(=O)NC1COCC1(C)C(=O)O)C1CC1. The number of carbonyl (C=O) groups is 2. The van der Waals surface area contributed by atoms with Crippen molar-refractivity contribution in [3.63, 3.8) is 0 Å². The van der Waals surface area contributed by atoms with E-state index in [0.29, 0.717) is 12.6 Å². The van der Waals surface area contributed by atoms with Gasteiger partial charge in [0, 0.05) is 12.6 Å². The van der Waals surface area contributed by atoms with Crippen molar-refractivity contribution in [2.75, 3.05) is 19.8 Å². The van der Waals surface area contributed by atoms with Gasteiger partial charge in [0.2, 0.25) is 0 Å². The predicted octanol–water partition coefficient (Wildman–Crippen LogP) is 1.06. The van der Waals surface area contributed by atoms with E-state index >= 15 is 0 Å². The highest BCUT2D eigenvalue weighted by Crippen LogP contribution is 2.30. The molecule has 1 saturated carbocycles. The summed E-state index contributed by atoms with van der Waals surface area (Å²) in [5.74, 6) is -0.927. The lowest BCUT2D eigenvalue weighted by molar-refractivity contribution is -0.148. The van der Waals surface area contributed by atoms with Crippen molar-refractivity contribution in [1.82, 2.24) is 10.2 Å². The number of rotatable bonds is 5. The number of nitrogens with one attached hydrogen (secondary N) is 1. The zero-order valence-corrected chi connectivity index (χ0v) is 11.5. The van der Waals surface area contributed by atoms with Gasteiger partial charge in [0.15, 0.2) is 0 Å². The summed E-state index contributed by atoms with van der Waals surface area (Å²) < 4.78 is 5.24. The molecule has 19 heavy (non-hydrogen) atoms. The average molecular weight is 270 g/mol. The fourth-order valence-corrected chi connectivity index (χ4v) is 2.39. The van der Waals surface area contributed by atoms with E-state index in [4.69, 9.17) is 4.74 Å². The topological polar surface area (TPSA) is 78.9 Å². The van der Waals surface area contributed by atoms with Crippen LogP contribution in [0.1, 0.15) is 33.1 Å². The number of nitrogens with zero attached hydrogens (tertiary/aromatic N) is 1. The maximum absolute atomic E-state index is 12.2. The Hall–Kier alpha value is -1.30. The smallest absolute Gasteiger partial charge is 0.317 e. The van der Waals surface area contributed by atoms with Gasteiger partial charge in [-0.3, -0.25) is 4.79 Å². The van der Waals surface area contributed by atoms with Crippen LogP contribution in [0, 0.1) is 5.41 Å². The lowest BCUT2D eigenvalue weighted by atomic mass is 9.85. The van der Waals surface area contributed by atoms with E-state index in [1.807, 2.05) is 11.8 Å². The Kier molecular flexibility index (Phi) is 3.99. The van der Waals surface area contributed by atoms with Gasteiger partial charge in [0.25, 0.3) is 0 Å². The van der Waals surface area contributed by atoms with Gasteiger partial charge in [-0.2, -0.15) is 0 Å². The molecule has 0 bridgehead atoms. The molecule has 0 radical (unpaired) electrons. The zero-order valence-electron chi connectivity index (χ0n) is 11.5. The van der Waals surface area contributed by atoms with Crippen LogP contribution in [0.5, 0.6) is 0 Å². The molecule has 1 aliphatic carbocycles. The molecule has 6 heteroatoms. The molecule has 6 nitrogen and oxygen atoms in total. The van der Waals surface area contributed by atoms with Crippen LogP contribution in [0.2, 0.25) is 0 Å². The van der Waals surface area contributed by atoms with Crippen molar-refractivity contribution in [2.24, 2.45) is 5.41 Å². The number of carboxylic acids is 1. The molecule has 0 aromatic carbocycles. The summed E-state index contributed by atoms with van der Waals surface area (Å²) in [6.07, 6.45) is 3.00. The van der Waals surface area contributed by atoms with Crippen molar-refractivity contribution < 1.29 is 19.4 Å². The van der Waals surface area contributed by atoms with E-state index in [1.54, 1.807) is 6.92 Å². The van der Waals surface area contributed by atoms with Crippen molar-refractivity contribution in [1.29, 1.82) is 0 Å². The highest BCUT2D eigenvalue weighted by atomic mass is 16.5. The van der Waals surface area contributed by atoms with Gasteiger partial charge in [-0.25, -0.2) is 4.79 Å². The fraction of sp³-hybridized carbons (Fsp3) is 0.846. The van der Waals surface area contributed by atoms with Crippen LogP contribution in [0.3, 0.4) is 0 Å². The Bertz CT molecular complexity index is 370. The number of aliphatic carboxylic acids is 1. The van der Waals surface area contributed by atoms with Gasteiger partial charge in [0.1, 0.15) is 5.41 Å². The Balaban J connectivity index is 1.99. The first-order chi connectivity index (χ1) is 8.99. The molecule has 1 aliphatic heterocycles. The van der Waals surface area contributed by atoms with Gasteiger partial charge < -0.3 is 20.1 Å². The quantitative estimate of drug-likeness (QED) is 0.783. The Morgan fingerprint density at radius 1 is 1.47 bits per heavy atom. The fourth-order valence-electron chi connectivity index (χ4n) is 2.39. The first-order valence-corrected chi connectivity index (χ1v) is 6.87. The minimum Gasteiger partial charge on any atom is -0.481 e. The van der Waals surface area contributed by atoms with Crippen LogP contribution < -0.4 is 5.32 Å². The number of carbonyl (C=O) groups excluding carboxylic acids is 1. The van der Waals surface area contributed by atoms with Crippen LogP contribution in [-0.4, -0.2) is 53.8 Å². The molecule has 108 valence electrons. The van der Waals surface area contributed by atoms with E-state index in [1.165, 1.54) is 0 Å². The monoisotopic (exact) mass is 270 g/mol. The molecule has 2 rings (SSSR count). The highest BCUT2D eigenvalue weighted by Gasteiger charge is 2.48. The van der Waals surface area contributed by atoms with Crippen molar-refractivity contribution in [3.05, 3.63) is 0 Å². The maximum atomic E-state index is 12.2. The molecular formula is C13H22N2O4. The number of carboxylic acid groups (broad SMARTS) is 1. The number of hydrogen-bond acceptors (Lipinski definition) is 3. The van der Waals surface area contributed by atoms with Crippen LogP contribution in [0.15, 0.2) is 0 Å². The summed E-state index contributed by atoms with van der Waals surface area (Å²) in [4.78, 5) is 25.4. The predicted molar refractivity (Wildman–Crippen MR) is 68.9 cm³/mol. The summed E-state index contributed by atoms with van der Waals surface area (Å²) >= 11 is 0. The minimum absolute atomic E-state index is 0.143. The number of hydrogen-bond donors (Lipinski definition) is 2. The molecule has 0 spiro atoms. The summed E-state index contributed by atoms with van der Waals surface area (Å²) in [5, 5.41) is 12.1. The molecule has 0 aromatic rings. The maximum Gasteiger partial charge on any atom is 0.317 e. The lowest BCUT2D eigenvalue weighted by Gasteiger charge is -2.29. The zero-order chi connectivity index (χ0) is 14.0. The van der Waals surface area contributed by atoms with E-state index in [2.05, 4.69) is 5.32 Å². The third-order valence-electron chi connectivity index (χ3n) is 3.95. The van der Waals surface area contributed by atoms with E-state index < -0.39 is 17.4 Å². The van der Waals surface area contributed by atoms with Gasteiger partial charge in [-0.15, -0.1) is 0 Å². The van der Waals surface area contributed by atoms with Crippen LogP contribution in [-0.2, 0) is 9.53 Å². The molecular weight excluding hydrogens is 248 g/mol. The molecule has 2 N–H and O–H groups in total. The van der Waals surface area contributed by atoms with Crippen LogP contribution >= 0.6 is 0 Å². The second kappa shape index (κ2) is 5.36. The Labute approximate surface area is 113 Å². The highest BCUT2D eigenvalue weighted by molar-refractivity contribution is 5.79. The van der Waals surface area contributed by atoms with Gasteiger partial charge >= 0.3 is 12.0 Å². The average Bonchev–Trinajstić information content (AvgIpc) is 3.12. The molecule has 1 heterocycles. The largest absolute Gasteiger partial charge is 0.481 e. The molecule has 1 saturated heterocycles. The normalized spacial score (nSPS) is 30.1. The standard InChI is InChI=1S/C13H22N2O4/c1-3-6-15(9-4-5-9)12(18)14-10-7-19-8-13(10,2)11(16)17/h9-10H,3-8H2,1-2H3,(H,14,18)(H,16,17). The lowest BCUT2D eigenvalue weighted by Crippen LogP contribution is -2.53. The molecule has 2 amide bonds. The number of urea groups is 1. The molecule has 2 aliphatic rings. The number of amides is 2. The second-order valence-corrected chi connectivity index (χ2v) is 5.66. The molecule has 0 aromatic heterocycles. The first-order valence-electron chi connectivity index (χ1n) is 6.87. The summed E-state index contributed by atoms with van der Waals surface area (Å²) in [6.45, 7) is 4.77. The van der Waals surface area contributed by atoms with Gasteiger partial charge in [-0.1, -0.05) is 6.92 Å². The van der Waals surface area contributed by atoms with Gasteiger partial charge in [-0.05, 0) is 26.2 Å². The Morgan fingerprint density at radius 2 is 2.16 bits per heavy atom. The minimum atomic E-state index is -1.03. The molecule has 2 atom stereocenters. The van der Waals surface area contributed by atoms with E-state index in [9.17, 15) is 14.7 Å². The van der Waals surface area contributed by atoms with Crippen molar-refractivity contribution in [3.8, 4) is 0 Å². The molecule has 2 fully saturated rings. The van der Waals surface area contributed by atoms with Crippen molar-refractivity contribution >= 4 is 12.0 Å².